The molecule has 0 aromatic heterocycles. The lowest BCUT2D eigenvalue weighted by Crippen LogP contribution is -2.40. The summed E-state index contributed by atoms with van der Waals surface area (Å²) in [5, 5.41) is 9.14. The largest absolute Gasteiger partial charge is 0.480 e. The molecule has 116 valence electrons. The van der Waals surface area contributed by atoms with E-state index in [1.54, 1.807) is 12.1 Å². The maximum Gasteiger partial charge on any atom is 0.322 e. The number of nitrogens with zero attached hydrogens (tertiary/aromatic N) is 1. The van der Waals surface area contributed by atoms with Gasteiger partial charge in [0.05, 0.1) is 4.90 Å². The normalized spacial score (nSPS) is 21.3. The number of aliphatic carboxylic acids is 1. The van der Waals surface area contributed by atoms with Crippen LogP contribution in [0.4, 0.5) is 0 Å². The molecule has 1 aromatic rings. The van der Waals surface area contributed by atoms with E-state index in [1.165, 1.54) is 0 Å². The quantitative estimate of drug-likeness (QED) is 0.906. The highest BCUT2D eigenvalue weighted by Crippen LogP contribution is 2.27. The third kappa shape index (κ3) is 3.11. The van der Waals surface area contributed by atoms with Crippen LogP contribution >= 0.6 is 0 Å². The highest BCUT2D eigenvalue weighted by atomic mass is 32.2. The Balaban J connectivity index is 2.29. The number of hydrogen-bond donors (Lipinski definition) is 1. The average Bonchev–Trinajstić information content (AvgIpc) is 2.97. The molecule has 0 spiro atoms. The van der Waals surface area contributed by atoms with E-state index in [2.05, 4.69) is 13.8 Å². The van der Waals surface area contributed by atoms with Crippen molar-refractivity contribution in [3.8, 4) is 0 Å². The lowest BCUT2D eigenvalue weighted by molar-refractivity contribution is -0.140. The maximum absolute atomic E-state index is 12.6. The minimum absolute atomic E-state index is 0.169. The van der Waals surface area contributed by atoms with Gasteiger partial charge in [-0.05, 0) is 42.9 Å². The van der Waals surface area contributed by atoms with Crippen molar-refractivity contribution in [2.45, 2.75) is 50.0 Å². The smallest absolute Gasteiger partial charge is 0.322 e. The van der Waals surface area contributed by atoms with Crippen molar-refractivity contribution in [3.05, 3.63) is 29.8 Å². The van der Waals surface area contributed by atoms with Crippen LogP contribution in [0.15, 0.2) is 29.2 Å². The highest BCUT2D eigenvalue weighted by molar-refractivity contribution is 7.89. The van der Waals surface area contributed by atoms with Crippen molar-refractivity contribution in [3.63, 3.8) is 0 Å². The molecule has 1 heterocycles. The van der Waals surface area contributed by atoms with E-state index in [-0.39, 0.29) is 11.4 Å². The fraction of sp³-hybridized carbons (Fsp3) is 0.533. The number of rotatable bonds is 5. The average molecular weight is 311 g/mol. The zero-order chi connectivity index (χ0) is 15.6. The summed E-state index contributed by atoms with van der Waals surface area (Å²) in [7, 11) is -3.73. The van der Waals surface area contributed by atoms with Gasteiger partial charge in [-0.2, -0.15) is 4.31 Å². The van der Waals surface area contributed by atoms with Crippen LogP contribution in [0.2, 0.25) is 0 Å². The Labute approximate surface area is 125 Å². The second-order valence-electron chi connectivity index (χ2n) is 5.49. The molecule has 0 radical (unpaired) electrons. The summed E-state index contributed by atoms with van der Waals surface area (Å²) < 4.78 is 26.2. The predicted octanol–water partition coefficient (Wildman–Crippen LogP) is 2.44. The van der Waals surface area contributed by atoms with E-state index in [0.717, 1.165) is 16.3 Å². The van der Waals surface area contributed by atoms with Crippen LogP contribution in [-0.4, -0.2) is 36.4 Å². The molecule has 1 aliphatic heterocycles. The maximum atomic E-state index is 12.6. The van der Waals surface area contributed by atoms with Crippen molar-refractivity contribution in [1.29, 1.82) is 0 Å². The molecule has 0 amide bonds. The van der Waals surface area contributed by atoms with E-state index >= 15 is 0 Å². The molecule has 1 fully saturated rings. The van der Waals surface area contributed by atoms with E-state index in [9.17, 15) is 13.2 Å². The predicted molar refractivity (Wildman–Crippen MR) is 79.7 cm³/mol. The second kappa shape index (κ2) is 6.15. The minimum atomic E-state index is -3.73. The summed E-state index contributed by atoms with van der Waals surface area (Å²) in [6, 6.07) is 5.84. The number of sulfonamides is 1. The molecule has 1 aromatic carbocycles. The van der Waals surface area contributed by atoms with Crippen LogP contribution in [-0.2, 0) is 14.8 Å². The molecular formula is C15H21NO4S. The molecular weight excluding hydrogens is 290 g/mol. The SMILES string of the molecule is CCC(C)c1ccc(S(=O)(=O)N2CCC[C@H]2C(=O)O)cc1. The Morgan fingerprint density at radius 2 is 2.00 bits per heavy atom. The Morgan fingerprint density at radius 1 is 1.38 bits per heavy atom. The zero-order valence-corrected chi connectivity index (χ0v) is 13.1. The molecule has 21 heavy (non-hydrogen) atoms. The third-order valence-corrected chi connectivity index (χ3v) is 6.08. The second-order valence-corrected chi connectivity index (χ2v) is 7.38. The van der Waals surface area contributed by atoms with Gasteiger partial charge in [0.25, 0.3) is 0 Å². The monoisotopic (exact) mass is 311 g/mol. The van der Waals surface area contributed by atoms with Gasteiger partial charge in [-0.1, -0.05) is 26.0 Å². The van der Waals surface area contributed by atoms with Crippen molar-refractivity contribution >= 4 is 16.0 Å². The van der Waals surface area contributed by atoms with Gasteiger partial charge in [0.2, 0.25) is 10.0 Å². The highest BCUT2D eigenvalue weighted by Gasteiger charge is 2.39. The fourth-order valence-electron chi connectivity index (χ4n) is 2.61. The molecule has 5 nitrogen and oxygen atoms in total. The topological polar surface area (TPSA) is 74.7 Å². The van der Waals surface area contributed by atoms with Crippen LogP contribution in [0.1, 0.15) is 44.6 Å². The van der Waals surface area contributed by atoms with Crippen molar-refractivity contribution < 1.29 is 18.3 Å². The van der Waals surface area contributed by atoms with Crippen LogP contribution in [0.3, 0.4) is 0 Å². The van der Waals surface area contributed by atoms with Crippen molar-refractivity contribution in [1.82, 2.24) is 4.31 Å². The zero-order valence-electron chi connectivity index (χ0n) is 12.3. The third-order valence-electron chi connectivity index (χ3n) is 4.16. The first-order valence-electron chi connectivity index (χ1n) is 7.22. The fourth-order valence-corrected chi connectivity index (χ4v) is 4.26. The van der Waals surface area contributed by atoms with Crippen LogP contribution in [0, 0.1) is 0 Å². The van der Waals surface area contributed by atoms with Gasteiger partial charge in [0, 0.05) is 6.54 Å². The Hall–Kier alpha value is -1.40. The van der Waals surface area contributed by atoms with Crippen LogP contribution in [0.5, 0.6) is 0 Å². The lowest BCUT2D eigenvalue weighted by atomic mass is 9.99. The lowest BCUT2D eigenvalue weighted by Gasteiger charge is -2.21. The van der Waals surface area contributed by atoms with Crippen LogP contribution in [0.25, 0.3) is 0 Å². The number of carboxylic acid groups (broad SMARTS) is 1. The molecule has 1 N–H and O–H groups in total. The Morgan fingerprint density at radius 3 is 2.52 bits per heavy atom. The van der Waals surface area contributed by atoms with Gasteiger partial charge in [0.1, 0.15) is 6.04 Å². The molecule has 2 atom stereocenters. The van der Waals surface area contributed by atoms with E-state index in [0.29, 0.717) is 18.8 Å². The number of carbonyl (C=O) groups is 1. The summed E-state index contributed by atoms with van der Waals surface area (Å²) in [6.07, 6.45) is 1.94. The van der Waals surface area contributed by atoms with E-state index < -0.39 is 22.0 Å². The molecule has 1 aliphatic rings. The number of benzene rings is 1. The summed E-state index contributed by atoms with van der Waals surface area (Å²) >= 11 is 0. The molecule has 6 heteroatoms. The summed E-state index contributed by atoms with van der Waals surface area (Å²) in [6.45, 7) is 4.44. The first-order valence-corrected chi connectivity index (χ1v) is 8.66. The Bertz CT molecular complexity index is 609. The standard InChI is InChI=1S/C15H21NO4S/c1-3-11(2)12-6-8-13(9-7-12)21(19,20)16-10-4-5-14(16)15(17)18/h6-9,11,14H,3-5,10H2,1-2H3,(H,17,18)/t11?,14-/m0/s1. The van der Waals surface area contributed by atoms with Crippen LogP contribution < -0.4 is 0 Å². The van der Waals surface area contributed by atoms with Crippen molar-refractivity contribution in [2.75, 3.05) is 6.54 Å². The van der Waals surface area contributed by atoms with Gasteiger partial charge in [0.15, 0.2) is 0 Å². The summed E-state index contributed by atoms with van der Waals surface area (Å²) in [5.74, 6) is -0.701. The Kier molecular flexibility index (Phi) is 4.68. The first-order chi connectivity index (χ1) is 9.87. The molecule has 0 bridgehead atoms. The van der Waals surface area contributed by atoms with Gasteiger partial charge >= 0.3 is 5.97 Å². The van der Waals surface area contributed by atoms with Gasteiger partial charge in [-0.3, -0.25) is 4.79 Å². The number of carboxylic acids is 1. The van der Waals surface area contributed by atoms with Gasteiger partial charge in [-0.15, -0.1) is 0 Å². The molecule has 1 unspecified atom stereocenters. The van der Waals surface area contributed by atoms with Gasteiger partial charge < -0.3 is 5.11 Å². The van der Waals surface area contributed by atoms with Gasteiger partial charge in [-0.25, -0.2) is 8.42 Å². The summed E-state index contributed by atoms with van der Waals surface area (Å²) in [4.78, 5) is 11.3. The molecule has 0 saturated carbocycles. The minimum Gasteiger partial charge on any atom is -0.480 e. The van der Waals surface area contributed by atoms with Crippen molar-refractivity contribution in [2.24, 2.45) is 0 Å². The van der Waals surface area contributed by atoms with E-state index in [4.69, 9.17) is 5.11 Å². The molecule has 2 rings (SSSR count). The molecule has 0 aliphatic carbocycles. The molecule has 1 saturated heterocycles. The first kappa shape index (κ1) is 16.0. The van der Waals surface area contributed by atoms with E-state index in [1.807, 2.05) is 12.1 Å². The number of hydrogen-bond acceptors (Lipinski definition) is 3. The summed E-state index contributed by atoms with van der Waals surface area (Å²) in [5.41, 5.74) is 1.09.